The molecule has 37 heavy (non-hydrogen) atoms. The van der Waals surface area contributed by atoms with Gasteiger partial charge in [-0.15, -0.1) is 0 Å². The summed E-state index contributed by atoms with van der Waals surface area (Å²) in [5.41, 5.74) is 3.94. The largest absolute Gasteiger partial charge is 0.487 e. The first-order valence-electron chi connectivity index (χ1n) is 13.3. The zero-order valence-electron chi connectivity index (χ0n) is 22.5. The van der Waals surface area contributed by atoms with E-state index in [1.54, 1.807) is 6.20 Å². The van der Waals surface area contributed by atoms with Gasteiger partial charge in [0.25, 0.3) is 0 Å². The van der Waals surface area contributed by atoms with E-state index >= 15 is 0 Å². The Balaban J connectivity index is 1.56. The van der Waals surface area contributed by atoms with E-state index in [0.29, 0.717) is 28.6 Å². The number of hydrogen-bond donors (Lipinski definition) is 3. The molecule has 1 fully saturated rings. The molecule has 1 saturated heterocycles. The molecule has 0 bridgehead atoms. The summed E-state index contributed by atoms with van der Waals surface area (Å²) >= 11 is 6.52. The lowest BCUT2D eigenvalue weighted by molar-refractivity contribution is 0.221. The number of ether oxygens (including phenoxy) is 1. The molecular weight excluding hydrogens is 484 g/mol. The Hall–Kier alpha value is -3.03. The number of rotatable bonds is 10. The highest BCUT2D eigenvalue weighted by Crippen LogP contribution is 2.35. The van der Waals surface area contributed by atoms with Crippen LogP contribution in [0.15, 0.2) is 48.8 Å². The Bertz CT molecular complexity index is 1180. The average molecular weight is 523 g/mol. The molecule has 8 heteroatoms. The van der Waals surface area contributed by atoms with Gasteiger partial charge in [0.05, 0.1) is 34.4 Å². The number of nitrogens with zero attached hydrogens (tertiary/aromatic N) is 3. The highest BCUT2D eigenvalue weighted by Gasteiger charge is 2.22. The predicted octanol–water partition coefficient (Wildman–Crippen LogP) is 7.42. The first-order valence-corrected chi connectivity index (χ1v) is 13.6. The van der Waals surface area contributed by atoms with Crippen molar-refractivity contribution < 1.29 is 4.74 Å². The molecule has 4 rings (SSSR count). The highest BCUT2D eigenvalue weighted by molar-refractivity contribution is 6.33. The number of piperidine rings is 1. The Morgan fingerprint density at radius 1 is 0.973 bits per heavy atom. The van der Waals surface area contributed by atoms with Crippen molar-refractivity contribution in [2.24, 2.45) is 0 Å². The summed E-state index contributed by atoms with van der Waals surface area (Å²) in [4.78, 5) is 11.8. The summed E-state index contributed by atoms with van der Waals surface area (Å²) in [7, 11) is 0. The van der Waals surface area contributed by atoms with Gasteiger partial charge in [0.15, 0.2) is 11.6 Å². The summed E-state index contributed by atoms with van der Waals surface area (Å²) < 4.78 is 6.18. The van der Waals surface area contributed by atoms with Gasteiger partial charge in [0.1, 0.15) is 5.82 Å². The lowest BCUT2D eigenvalue weighted by Gasteiger charge is -2.31. The molecule has 7 nitrogen and oxygen atoms in total. The number of pyridine rings is 2. The minimum absolute atomic E-state index is 0.0277. The molecule has 0 radical (unpaired) electrons. The van der Waals surface area contributed by atoms with Crippen LogP contribution in [0.25, 0.3) is 0 Å². The van der Waals surface area contributed by atoms with E-state index in [1.807, 2.05) is 50.4 Å². The predicted molar refractivity (Wildman–Crippen MR) is 155 cm³/mol. The lowest BCUT2D eigenvalue weighted by Crippen LogP contribution is -2.32. The van der Waals surface area contributed by atoms with E-state index in [1.165, 1.54) is 5.56 Å². The van der Waals surface area contributed by atoms with Crippen LogP contribution in [0.4, 0.5) is 28.7 Å². The van der Waals surface area contributed by atoms with Crippen molar-refractivity contribution in [3.8, 4) is 5.75 Å². The third kappa shape index (κ3) is 7.27. The lowest BCUT2D eigenvalue weighted by atomic mass is 9.90. The first-order chi connectivity index (χ1) is 17.8. The number of aromatic nitrogens is 2. The molecule has 3 heterocycles. The zero-order chi connectivity index (χ0) is 26.4. The van der Waals surface area contributed by atoms with Gasteiger partial charge in [0, 0.05) is 18.3 Å². The molecular formula is C29H39ClN6O. The van der Waals surface area contributed by atoms with E-state index < -0.39 is 0 Å². The van der Waals surface area contributed by atoms with Crippen LogP contribution in [0.2, 0.25) is 5.02 Å². The van der Waals surface area contributed by atoms with Crippen molar-refractivity contribution in [3.63, 3.8) is 0 Å². The number of nitrogens with one attached hydrogen (secondary N) is 3. The van der Waals surface area contributed by atoms with Crippen LogP contribution in [0.3, 0.4) is 0 Å². The first kappa shape index (κ1) is 27.0. The van der Waals surface area contributed by atoms with Gasteiger partial charge < -0.3 is 25.6 Å². The molecule has 0 saturated carbocycles. The van der Waals surface area contributed by atoms with Crippen molar-refractivity contribution in [1.29, 1.82) is 0 Å². The van der Waals surface area contributed by atoms with Crippen molar-refractivity contribution >= 4 is 40.3 Å². The molecule has 0 unspecified atom stereocenters. The number of anilines is 5. The smallest absolute Gasteiger partial charge is 0.174 e. The van der Waals surface area contributed by atoms with E-state index in [9.17, 15) is 0 Å². The summed E-state index contributed by atoms with van der Waals surface area (Å²) in [6.07, 6.45) is 5.93. The maximum Gasteiger partial charge on any atom is 0.174 e. The Morgan fingerprint density at radius 3 is 2.38 bits per heavy atom. The van der Waals surface area contributed by atoms with Crippen LogP contribution < -0.4 is 20.7 Å². The fourth-order valence-electron chi connectivity index (χ4n) is 4.60. The van der Waals surface area contributed by atoms with Crippen LogP contribution >= 0.6 is 11.6 Å². The van der Waals surface area contributed by atoms with Gasteiger partial charge >= 0.3 is 0 Å². The molecule has 1 aliphatic rings. The normalized spacial score (nSPS) is 14.7. The summed E-state index contributed by atoms with van der Waals surface area (Å²) in [5, 5.41) is 10.8. The number of likely N-dealkylation sites (tertiary alicyclic amines) is 1. The Labute approximate surface area is 226 Å². The van der Waals surface area contributed by atoms with Crippen molar-refractivity contribution in [2.45, 2.75) is 65.5 Å². The minimum atomic E-state index is 0.0277. The summed E-state index contributed by atoms with van der Waals surface area (Å²) in [6, 6.07) is 12.4. The molecule has 2 aromatic heterocycles. The van der Waals surface area contributed by atoms with Crippen molar-refractivity contribution in [2.75, 3.05) is 35.6 Å². The molecule has 1 aromatic carbocycles. The van der Waals surface area contributed by atoms with Crippen molar-refractivity contribution in [1.82, 2.24) is 14.9 Å². The molecule has 0 atom stereocenters. The fourth-order valence-corrected chi connectivity index (χ4v) is 4.75. The molecule has 0 spiro atoms. The number of halogens is 1. The van der Waals surface area contributed by atoms with Gasteiger partial charge in [-0.25, -0.2) is 9.97 Å². The zero-order valence-corrected chi connectivity index (χ0v) is 23.3. The van der Waals surface area contributed by atoms with Crippen LogP contribution in [0.5, 0.6) is 5.75 Å². The fraction of sp³-hybridized carbons (Fsp3) is 0.448. The van der Waals surface area contributed by atoms with E-state index in [-0.39, 0.29) is 6.10 Å². The van der Waals surface area contributed by atoms with Gasteiger partial charge in [0.2, 0.25) is 0 Å². The summed E-state index contributed by atoms with van der Waals surface area (Å²) in [6.45, 7) is 13.9. The second kappa shape index (κ2) is 12.5. The molecule has 0 aliphatic carbocycles. The van der Waals surface area contributed by atoms with Crippen molar-refractivity contribution in [3.05, 3.63) is 59.4 Å². The van der Waals surface area contributed by atoms with E-state index in [4.69, 9.17) is 21.3 Å². The maximum atomic E-state index is 6.52. The Kier molecular flexibility index (Phi) is 9.11. The summed E-state index contributed by atoms with van der Waals surface area (Å²) in [5.74, 6) is 2.52. The van der Waals surface area contributed by atoms with Crippen LogP contribution in [0.1, 0.15) is 58.9 Å². The van der Waals surface area contributed by atoms with Gasteiger partial charge in [-0.3, -0.25) is 0 Å². The number of benzene rings is 1. The topological polar surface area (TPSA) is 74.3 Å². The number of para-hydroxylation sites is 2. The molecule has 1 aliphatic heterocycles. The Morgan fingerprint density at radius 2 is 1.70 bits per heavy atom. The average Bonchev–Trinajstić information content (AvgIpc) is 2.87. The highest BCUT2D eigenvalue weighted by atomic mass is 35.5. The SMILES string of the molecule is CCN1CCC(c2cnc(Nc3cc(Nc4ccccc4NC(C)C)c(Cl)cn3)c(OC(C)C)c2)CC1. The molecule has 198 valence electrons. The quantitative estimate of drug-likeness (QED) is 0.255. The van der Waals surface area contributed by atoms with Crippen LogP contribution in [-0.4, -0.2) is 46.6 Å². The minimum Gasteiger partial charge on any atom is -0.487 e. The maximum absolute atomic E-state index is 6.52. The standard InChI is InChI=1S/C29H39ClN6O/c1-6-36-13-11-21(12-14-36)22-15-27(37-20(4)5)29(32-17-22)35-28-16-26(23(30)18-31-28)34-25-10-8-7-9-24(25)33-19(2)3/h7-10,15-21,33H,6,11-14H2,1-5H3,(H2,31,32,34,35). The third-order valence-corrected chi connectivity index (χ3v) is 6.79. The van der Waals surface area contributed by atoms with E-state index in [2.05, 4.69) is 52.7 Å². The second-order valence-corrected chi connectivity index (χ2v) is 10.5. The third-order valence-electron chi connectivity index (χ3n) is 6.49. The van der Waals surface area contributed by atoms with E-state index in [0.717, 1.165) is 55.3 Å². The molecule has 3 N–H and O–H groups in total. The second-order valence-electron chi connectivity index (χ2n) is 10.1. The molecule has 0 amide bonds. The molecule has 3 aromatic rings. The van der Waals surface area contributed by atoms with Crippen LogP contribution in [0, 0.1) is 0 Å². The van der Waals surface area contributed by atoms with Crippen LogP contribution in [-0.2, 0) is 0 Å². The number of hydrogen-bond acceptors (Lipinski definition) is 7. The van der Waals surface area contributed by atoms with Gasteiger partial charge in [-0.1, -0.05) is 30.7 Å². The van der Waals surface area contributed by atoms with Gasteiger partial charge in [-0.2, -0.15) is 0 Å². The monoisotopic (exact) mass is 522 g/mol. The van der Waals surface area contributed by atoms with Gasteiger partial charge in [-0.05, 0) is 89.9 Å².